The maximum atomic E-state index is 6.05. The van der Waals surface area contributed by atoms with Gasteiger partial charge in [0.2, 0.25) is 0 Å². The molecular formula is C16H19Cl2NO. The highest BCUT2D eigenvalue weighted by Crippen LogP contribution is 2.30. The summed E-state index contributed by atoms with van der Waals surface area (Å²) in [6.45, 7) is 4.87. The van der Waals surface area contributed by atoms with Crippen LogP contribution in [0.2, 0.25) is 5.02 Å². The van der Waals surface area contributed by atoms with Gasteiger partial charge in [0, 0.05) is 17.1 Å². The molecule has 2 rings (SSSR count). The van der Waals surface area contributed by atoms with Crippen molar-refractivity contribution in [2.24, 2.45) is 0 Å². The Bertz CT molecular complexity index is 585. The molecule has 0 radical (unpaired) electrons. The molecule has 2 aromatic carbocycles. The van der Waals surface area contributed by atoms with E-state index in [0.717, 1.165) is 29.2 Å². The van der Waals surface area contributed by atoms with E-state index in [4.69, 9.17) is 16.3 Å². The summed E-state index contributed by atoms with van der Waals surface area (Å²) in [7, 11) is 1.91. The molecule has 2 nitrogen and oxygen atoms in total. The molecule has 0 aromatic heterocycles. The van der Waals surface area contributed by atoms with Gasteiger partial charge in [-0.15, -0.1) is 12.4 Å². The molecule has 0 aliphatic rings. The Labute approximate surface area is 131 Å². The van der Waals surface area contributed by atoms with Gasteiger partial charge in [-0.05, 0) is 44.7 Å². The molecule has 2 aromatic rings. The zero-order valence-corrected chi connectivity index (χ0v) is 13.4. The maximum absolute atomic E-state index is 6.05. The number of aryl methyl sites for hydroxylation is 2. The molecule has 0 aliphatic heterocycles. The van der Waals surface area contributed by atoms with E-state index in [1.807, 2.05) is 44.3 Å². The lowest BCUT2D eigenvalue weighted by Crippen LogP contribution is -2.06. The monoisotopic (exact) mass is 311 g/mol. The fourth-order valence-corrected chi connectivity index (χ4v) is 2.15. The van der Waals surface area contributed by atoms with Crippen LogP contribution in [0.1, 0.15) is 16.7 Å². The van der Waals surface area contributed by atoms with Crippen molar-refractivity contribution in [1.29, 1.82) is 0 Å². The van der Waals surface area contributed by atoms with E-state index < -0.39 is 0 Å². The highest BCUT2D eigenvalue weighted by molar-refractivity contribution is 6.30. The van der Waals surface area contributed by atoms with Crippen molar-refractivity contribution >= 4 is 24.0 Å². The second-order valence-corrected chi connectivity index (χ2v) is 5.09. The van der Waals surface area contributed by atoms with Crippen molar-refractivity contribution in [2.45, 2.75) is 20.4 Å². The molecule has 0 bridgehead atoms. The fourth-order valence-electron chi connectivity index (χ4n) is 1.99. The predicted octanol–water partition coefficient (Wildman–Crippen LogP) is 4.89. The molecule has 0 atom stereocenters. The van der Waals surface area contributed by atoms with E-state index in [1.54, 1.807) is 0 Å². The Morgan fingerprint density at radius 3 is 2.45 bits per heavy atom. The van der Waals surface area contributed by atoms with Gasteiger partial charge in [-0.1, -0.05) is 35.4 Å². The first-order chi connectivity index (χ1) is 9.10. The lowest BCUT2D eigenvalue weighted by Gasteiger charge is -2.13. The summed E-state index contributed by atoms with van der Waals surface area (Å²) in [5.74, 6) is 1.67. The van der Waals surface area contributed by atoms with Gasteiger partial charge in [-0.2, -0.15) is 0 Å². The van der Waals surface area contributed by atoms with E-state index in [-0.39, 0.29) is 12.4 Å². The van der Waals surface area contributed by atoms with Crippen molar-refractivity contribution in [3.05, 3.63) is 58.1 Å². The number of halogens is 2. The minimum atomic E-state index is 0. The summed E-state index contributed by atoms with van der Waals surface area (Å²) >= 11 is 6.05. The third-order valence-corrected chi connectivity index (χ3v) is 3.18. The van der Waals surface area contributed by atoms with Crippen LogP contribution in [0.5, 0.6) is 11.5 Å². The molecule has 108 valence electrons. The number of hydrogen-bond acceptors (Lipinski definition) is 2. The van der Waals surface area contributed by atoms with Crippen molar-refractivity contribution in [3.63, 3.8) is 0 Å². The van der Waals surface area contributed by atoms with Crippen LogP contribution in [-0.2, 0) is 6.54 Å². The van der Waals surface area contributed by atoms with Crippen LogP contribution < -0.4 is 10.1 Å². The first kappa shape index (κ1) is 16.8. The summed E-state index contributed by atoms with van der Waals surface area (Å²) in [6.07, 6.45) is 0. The zero-order valence-electron chi connectivity index (χ0n) is 11.9. The molecule has 4 heteroatoms. The second-order valence-electron chi connectivity index (χ2n) is 4.65. The predicted molar refractivity (Wildman–Crippen MR) is 87.5 cm³/mol. The van der Waals surface area contributed by atoms with Gasteiger partial charge < -0.3 is 10.1 Å². The van der Waals surface area contributed by atoms with Crippen LogP contribution in [0.4, 0.5) is 0 Å². The zero-order chi connectivity index (χ0) is 13.8. The van der Waals surface area contributed by atoms with Crippen LogP contribution in [-0.4, -0.2) is 7.05 Å². The van der Waals surface area contributed by atoms with Crippen LogP contribution in [0, 0.1) is 13.8 Å². The Morgan fingerprint density at radius 2 is 1.80 bits per heavy atom. The molecule has 0 aliphatic carbocycles. The van der Waals surface area contributed by atoms with Gasteiger partial charge >= 0.3 is 0 Å². The Kier molecular flexibility index (Phi) is 6.34. The summed E-state index contributed by atoms with van der Waals surface area (Å²) < 4.78 is 6.00. The Hall–Kier alpha value is -1.22. The highest BCUT2D eigenvalue weighted by atomic mass is 35.5. The van der Waals surface area contributed by atoms with Crippen molar-refractivity contribution in [3.8, 4) is 11.5 Å². The molecule has 0 unspecified atom stereocenters. The maximum Gasteiger partial charge on any atom is 0.133 e. The number of benzene rings is 2. The molecule has 0 spiro atoms. The van der Waals surface area contributed by atoms with E-state index >= 15 is 0 Å². The van der Waals surface area contributed by atoms with E-state index in [0.29, 0.717) is 5.02 Å². The van der Waals surface area contributed by atoms with Gasteiger partial charge in [0.15, 0.2) is 0 Å². The van der Waals surface area contributed by atoms with E-state index in [2.05, 4.69) is 18.3 Å². The minimum absolute atomic E-state index is 0. The second kappa shape index (κ2) is 7.53. The fraction of sp³-hybridized carbons (Fsp3) is 0.250. The first-order valence-electron chi connectivity index (χ1n) is 6.28. The summed E-state index contributed by atoms with van der Waals surface area (Å²) in [5, 5.41) is 3.81. The minimum Gasteiger partial charge on any atom is -0.457 e. The molecule has 20 heavy (non-hydrogen) atoms. The molecule has 0 saturated heterocycles. The van der Waals surface area contributed by atoms with Crippen molar-refractivity contribution in [2.75, 3.05) is 7.05 Å². The van der Waals surface area contributed by atoms with Gasteiger partial charge in [-0.3, -0.25) is 0 Å². The number of ether oxygens (including phenoxy) is 1. The van der Waals surface area contributed by atoms with Gasteiger partial charge in [-0.25, -0.2) is 0 Å². The normalized spacial score (nSPS) is 10.0. The van der Waals surface area contributed by atoms with Gasteiger partial charge in [0.1, 0.15) is 11.5 Å². The quantitative estimate of drug-likeness (QED) is 0.868. The average Bonchev–Trinajstić information content (AvgIpc) is 2.36. The third-order valence-electron chi connectivity index (χ3n) is 2.95. The van der Waals surface area contributed by atoms with Crippen LogP contribution in [0.15, 0.2) is 36.4 Å². The van der Waals surface area contributed by atoms with E-state index in [9.17, 15) is 0 Å². The molecular weight excluding hydrogens is 293 g/mol. The molecule has 0 fully saturated rings. The number of nitrogens with one attached hydrogen (secondary N) is 1. The lowest BCUT2D eigenvalue weighted by atomic mass is 10.1. The molecule has 0 amide bonds. The third kappa shape index (κ3) is 4.14. The highest BCUT2D eigenvalue weighted by Gasteiger charge is 2.07. The van der Waals surface area contributed by atoms with Gasteiger partial charge in [0.05, 0.1) is 0 Å². The number of hydrogen-bond donors (Lipinski definition) is 1. The smallest absolute Gasteiger partial charge is 0.133 e. The largest absolute Gasteiger partial charge is 0.457 e. The van der Waals surface area contributed by atoms with Crippen molar-refractivity contribution in [1.82, 2.24) is 5.32 Å². The first-order valence-corrected chi connectivity index (χ1v) is 6.66. The topological polar surface area (TPSA) is 21.3 Å². The average molecular weight is 312 g/mol. The van der Waals surface area contributed by atoms with E-state index in [1.165, 1.54) is 5.56 Å². The Balaban J connectivity index is 0.00000200. The number of rotatable bonds is 4. The molecule has 1 N–H and O–H groups in total. The standard InChI is InChI=1S/C16H18ClNO.ClH/c1-11-4-7-15(12(2)8-11)19-16-9-14(17)6-5-13(16)10-18-3;/h4-9,18H,10H2,1-3H3;1H. The van der Waals surface area contributed by atoms with Crippen molar-refractivity contribution < 1.29 is 4.74 Å². The molecule has 0 saturated carbocycles. The molecule has 0 heterocycles. The summed E-state index contributed by atoms with van der Waals surface area (Å²) in [5.41, 5.74) is 3.44. The Morgan fingerprint density at radius 1 is 1.05 bits per heavy atom. The lowest BCUT2D eigenvalue weighted by molar-refractivity contribution is 0.470. The van der Waals surface area contributed by atoms with Crippen LogP contribution in [0.3, 0.4) is 0 Å². The SMILES string of the molecule is CNCc1ccc(Cl)cc1Oc1ccc(C)cc1C.Cl. The summed E-state index contributed by atoms with van der Waals surface area (Å²) in [4.78, 5) is 0. The summed E-state index contributed by atoms with van der Waals surface area (Å²) in [6, 6.07) is 11.9. The van der Waals surface area contributed by atoms with Crippen LogP contribution in [0.25, 0.3) is 0 Å². The van der Waals surface area contributed by atoms with Gasteiger partial charge in [0.25, 0.3) is 0 Å². The van der Waals surface area contributed by atoms with Crippen LogP contribution >= 0.6 is 24.0 Å².